The molecule has 0 aromatic heterocycles. The number of imide groups is 1. The molecule has 37 heavy (non-hydrogen) atoms. The Morgan fingerprint density at radius 2 is 1.78 bits per heavy atom. The lowest BCUT2D eigenvalue weighted by Gasteiger charge is -2.45. The highest BCUT2D eigenvalue weighted by Crippen LogP contribution is 2.51. The number of carbonyl (C=O) groups excluding carboxylic acids is 2. The zero-order valence-corrected chi connectivity index (χ0v) is 22.3. The zero-order valence-electron chi connectivity index (χ0n) is 22.3. The molecule has 1 saturated heterocycles. The third kappa shape index (κ3) is 5.73. The summed E-state index contributed by atoms with van der Waals surface area (Å²) in [5, 5.41) is 26.1. The number of allylic oxidation sites excluding steroid dienone is 3. The average molecular weight is 509 g/mol. The fraction of sp³-hybridized carbons (Fsp3) is 0.567. The number of oxime groups is 1. The van der Waals surface area contributed by atoms with Crippen LogP contribution in [0.4, 0.5) is 0 Å². The molecule has 4 rings (SSSR count). The van der Waals surface area contributed by atoms with Gasteiger partial charge in [-0.05, 0) is 65.0 Å². The van der Waals surface area contributed by atoms with Crippen LogP contribution in [0.25, 0.3) is 0 Å². The summed E-state index contributed by atoms with van der Waals surface area (Å²) in [5.41, 5.74) is 4.09. The maximum atomic E-state index is 13.7. The van der Waals surface area contributed by atoms with Gasteiger partial charge in [0.15, 0.2) is 0 Å². The highest BCUT2D eigenvalue weighted by atomic mass is 16.6. The fourth-order valence-corrected chi connectivity index (χ4v) is 6.25. The lowest BCUT2D eigenvalue weighted by molar-refractivity contribution is -0.144. The maximum absolute atomic E-state index is 13.7. The number of fused-ring (bicyclic) bond motifs is 3. The molecule has 1 heterocycles. The number of benzene rings is 1. The van der Waals surface area contributed by atoms with Gasteiger partial charge in [0.25, 0.3) is 0 Å². The molecule has 7 heteroatoms. The predicted molar refractivity (Wildman–Crippen MR) is 142 cm³/mol. The lowest BCUT2D eigenvalue weighted by Crippen LogP contribution is -2.54. The van der Waals surface area contributed by atoms with Crippen molar-refractivity contribution in [3.63, 3.8) is 0 Å². The minimum absolute atomic E-state index is 0.180. The fourth-order valence-electron chi connectivity index (χ4n) is 6.25. The summed E-state index contributed by atoms with van der Waals surface area (Å²) in [6.07, 6.45) is 5.41. The van der Waals surface area contributed by atoms with E-state index >= 15 is 0 Å². The van der Waals surface area contributed by atoms with Crippen LogP contribution in [0, 0.1) is 23.7 Å². The Balaban J connectivity index is 1.49. The number of nitrogens with zero attached hydrogens (tertiary/aromatic N) is 2. The van der Waals surface area contributed by atoms with Gasteiger partial charge < -0.3 is 15.1 Å². The van der Waals surface area contributed by atoms with Crippen LogP contribution in [0.2, 0.25) is 0 Å². The summed E-state index contributed by atoms with van der Waals surface area (Å²) in [6.45, 7) is 8.43. The van der Waals surface area contributed by atoms with Crippen LogP contribution in [-0.4, -0.2) is 51.5 Å². The van der Waals surface area contributed by atoms with Crippen LogP contribution in [-0.2, 0) is 14.4 Å². The van der Waals surface area contributed by atoms with E-state index in [1.54, 1.807) is 0 Å². The average Bonchev–Trinajstić information content (AvgIpc) is 3.13. The van der Waals surface area contributed by atoms with Crippen LogP contribution in [0.5, 0.6) is 0 Å². The Hall–Kier alpha value is -2.77. The molecular formula is C30H40N2O5. The lowest BCUT2D eigenvalue weighted by atomic mass is 9.60. The number of likely N-dealkylation sites (tertiary alicyclic amines) is 1. The molecule has 7 nitrogen and oxygen atoms in total. The molecule has 0 bridgehead atoms. The van der Waals surface area contributed by atoms with E-state index in [1.807, 2.05) is 43.3 Å². The van der Waals surface area contributed by atoms with Crippen molar-refractivity contribution in [3.8, 4) is 0 Å². The predicted octanol–water partition coefficient (Wildman–Crippen LogP) is 4.57. The number of amides is 2. The van der Waals surface area contributed by atoms with E-state index in [9.17, 15) is 19.8 Å². The summed E-state index contributed by atoms with van der Waals surface area (Å²) in [5.74, 6) is -2.34. The minimum atomic E-state index is -1.09. The topological polar surface area (TPSA) is 99.4 Å². The Morgan fingerprint density at radius 3 is 2.49 bits per heavy atom. The second kappa shape index (κ2) is 11.7. The summed E-state index contributed by atoms with van der Waals surface area (Å²) >= 11 is 0. The third-order valence-corrected chi connectivity index (χ3v) is 8.26. The largest absolute Gasteiger partial charge is 0.392 e. The monoisotopic (exact) mass is 508 g/mol. The van der Waals surface area contributed by atoms with Gasteiger partial charge in [-0.1, -0.05) is 52.7 Å². The molecular weight excluding hydrogens is 468 g/mol. The minimum Gasteiger partial charge on any atom is -0.392 e. The number of hydrogen-bond donors (Lipinski definition) is 2. The molecule has 7 atom stereocenters. The van der Waals surface area contributed by atoms with Gasteiger partial charge in [0.1, 0.15) is 6.61 Å². The Bertz CT molecular complexity index is 1070. The molecule has 3 fully saturated rings. The second-order valence-electron chi connectivity index (χ2n) is 11.0. The van der Waals surface area contributed by atoms with Gasteiger partial charge in [0, 0.05) is 18.3 Å². The number of aliphatic hydroxyl groups is 2. The van der Waals surface area contributed by atoms with Crippen LogP contribution >= 0.6 is 0 Å². The molecule has 2 saturated carbocycles. The molecule has 2 N–H and O–H groups in total. The number of hydrogen-bond acceptors (Lipinski definition) is 6. The van der Waals surface area contributed by atoms with Crippen molar-refractivity contribution >= 4 is 17.5 Å². The van der Waals surface area contributed by atoms with Crippen LogP contribution < -0.4 is 0 Å². The van der Waals surface area contributed by atoms with Crippen molar-refractivity contribution in [2.24, 2.45) is 28.8 Å². The first-order valence-electron chi connectivity index (χ1n) is 13.5. The number of aliphatic hydroxyl groups excluding tert-OH is 2. The molecule has 0 spiro atoms. The van der Waals surface area contributed by atoms with Crippen LogP contribution in [0.15, 0.2) is 58.8 Å². The first kappa shape index (κ1) is 27.3. The van der Waals surface area contributed by atoms with Crippen molar-refractivity contribution in [3.05, 3.63) is 59.2 Å². The van der Waals surface area contributed by atoms with Crippen LogP contribution in [0.3, 0.4) is 0 Å². The highest BCUT2D eigenvalue weighted by Gasteiger charge is 2.60. The molecule has 0 radical (unpaired) electrons. The Kier molecular flexibility index (Phi) is 8.65. The molecule has 1 aliphatic heterocycles. The zero-order chi connectivity index (χ0) is 26.7. The van der Waals surface area contributed by atoms with Gasteiger partial charge in [0.05, 0.1) is 35.8 Å². The van der Waals surface area contributed by atoms with E-state index in [0.717, 1.165) is 18.4 Å². The quantitative estimate of drug-likeness (QED) is 0.232. The van der Waals surface area contributed by atoms with Crippen molar-refractivity contribution in [1.82, 2.24) is 4.90 Å². The maximum Gasteiger partial charge on any atom is 0.234 e. The SMILES string of the molecule is CC(C)=CCCC(C)=CCON=C1C[C@@H](O)[C@@H](O)[C@@H]2[C@@H]3C(=O)N([C@@H](C)c4ccccc4)C(=O)[C@@H]3CC[C@H]12. The van der Waals surface area contributed by atoms with E-state index in [0.29, 0.717) is 25.2 Å². The van der Waals surface area contributed by atoms with Gasteiger partial charge in [-0.2, -0.15) is 0 Å². The number of carbonyl (C=O) groups is 2. The van der Waals surface area contributed by atoms with Crippen LogP contribution in [0.1, 0.15) is 71.4 Å². The van der Waals surface area contributed by atoms with Crippen molar-refractivity contribution in [2.75, 3.05) is 6.61 Å². The van der Waals surface area contributed by atoms with Gasteiger partial charge in [-0.3, -0.25) is 14.5 Å². The summed E-state index contributed by atoms with van der Waals surface area (Å²) in [4.78, 5) is 34.1. The van der Waals surface area contributed by atoms with E-state index in [2.05, 4.69) is 32.0 Å². The normalized spacial score (nSPS) is 31.7. The third-order valence-electron chi connectivity index (χ3n) is 8.26. The summed E-state index contributed by atoms with van der Waals surface area (Å²) < 4.78 is 0. The number of rotatable bonds is 8. The van der Waals surface area contributed by atoms with E-state index in [-0.39, 0.29) is 30.2 Å². The first-order valence-corrected chi connectivity index (χ1v) is 13.5. The molecule has 1 aromatic carbocycles. The van der Waals surface area contributed by atoms with Gasteiger partial charge in [-0.15, -0.1) is 0 Å². The molecule has 2 aliphatic carbocycles. The van der Waals surface area contributed by atoms with Crippen molar-refractivity contribution in [2.45, 2.75) is 78.0 Å². The summed E-state index contributed by atoms with van der Waals surface area (Å²) in [6, 6.07) is 9.12. The molecule has 1 aromatic rings. The molecule has 3 aliphatic rings. The standard InChI is InChI=1S/C30H40N2O5/c1-18(2)9-8-10-19(3)15-16-37-31-24-17-25(33)28(34)26-22(24)13-14-23-27(26)30(36)32(29(23)35)20(4)21-11-6-5-7-12-21/h5-7,9,11-12,15,20,22-23,25-28,33-34H,8,10,13-14,16-17H2,1-4H3/t20-,22+,23+,25+,26-,27+,28+/m0/s1. The van der Waals surface area contributed by atoms with E-state index in [1.165, 1.54) is 16.0 Å². The Morgan fingerprint density at radius 1 is 1.08 bits per heavy atom. The summed E-state index contributed by atoms with van der Waals surface area (Å²) in [7, 11) is 0. The van der Waals surface area contributed by atoms with Gasteiger partial charge >= 0.3 is 0 Å². The molecule has 0 unspecified atom stereocenters. The van der Waals surface area contributed by atoms with Crippen molar-refractivity contribution in [1.29, 1.82) is 0 Å². The highest BCUT2D eigenvalue weighted by molar-refractivity contribution is 6.06. The second-order valence-corrected chi connectivity index (χ2v) is 11.0. The Labute approximate surface area is 219 Å². The molecule has 2 amide bonds. The van der Waals surface area contributed by atoms with E-state index < -0.39 is 30.0 Å². The first-order chi connectivity index (χ1) is 17.7. The van der Waals surface area contributed by atoms with E-state index in [4.69, 9.17) is 4.84 Å². The van der Waals surface area contributed by atoms with Gasteiger partial charge in [-0.25, -0.2) is 0 Å². The van der Waals surface area contributed by atoms with Gasteiger partial charge in [0.2, 0.25) is 11.8 Å². The smallest absolute Gasteiger partial charge is 0.234 e. The molecule has 200 valence electrons. The van der Waals surface area contributed by atoms with Crippen molar-refractivity contribution < 1.29 is 24.6 Å².